The molecule has 20 heavy (non-hydrogen) atoms. The third kappa shape index (κ3) is 3.36. The molecule has 5 heteroatoms. The number of primary amides is 1. The molecule has 0 aliphatic rings. The molecule has 3 N–H and O–H groups in total. The molecule has 2 aromatic rings. The zero-order valence-electron chi connectivity index (χ0n) is 10.9. The number of anilines is 1. The second-order valence-electron chi connectivity index (χ2n) is 4.49. The lowest BCUT2D eigenvalue weighted by Crippen LogP contribution is -2.12. The molecule has 0 aliphatic heterocycles. The summed E-state index contributed by atoms with van der Waals surface area (Å²) in [5, 5.41) is 3.13. The van der Waals surface area contributed by atoms with Crippen LogP contribution in [0.5, 0.6) is 0 Å². The van der Waals surface area contributed by atoms with E-state index >= 15 is 0 Å². The molecule has 1 amide bonds. The number of hydrogen-bond acceptors (Lipinski definition) is 2. The van der Waals surface area contributed by atoms with E-state index in [1.165, 1.54) is 6.07 Å². The van der Waals surface area contributed by atoms with Crippen LogP contribution in [0.15, 0.2) is 40.9 Å². The molecule has 3 nitrogen and oxygen atoms in total. The Hall–Kier alpha value is -1.88. The molecule has 0 spiro atoms. The molecular weight excluding hydrogens is 323 g/mol. The van der Waals surface area contributed by atoms with Gasteiger partial charge in [0.2, 0.25) is 5.91 Å². The number of hydrogen-bond donors (Lipinski definition) is 2. The molecule has 0 fully saturated rings. The van der Waals surface area contributed by atoms with Gasteiger partial charge in [-0.3, -0.25) is 4.79 Å². The Morgan fingerprint density at radius 3 is 2.65 bits per heavy atom. The van der Waals surface area contributed by atoms with Crippen molar-refractivity contribution in [3.63, 3.8) is 0 Å². The first-order valence-electron chi connectivity index (χ1n) is 6.05. The molecule has 0 bridgehead atoms. The van der Waals surface area contributed by atoms with Gasteiger partial charge in [-0.25, -0.2) is 4.39 Å². The van der Waals surface area contributed by atoms with Gasteiger partial charge in [-0.15, -0.1) is 0 Å². The van der Waals surface area contributed by atoms with Crippen LogP contribution in [-0.4, -0.2) is 5.91 Å². The second-order valence-corrected chi connectivity index (χ2v) is 5.34. The molecule has 2 aromatic carbocycles. The van der Waals surface area contributed by atoms with Gasteiger partial charge in [-0.1, -0.05) is 28.1 Å². The number of aryl methyl sites for hydroxylation is 1. The lowest BCUT2D eigenvalue weighted by atomic mass is 10.1. The van der Waals surface area contributed by atoms with E-state index in [-0.39, 0.29) is 5.56 Å². The standard InChI is InChI=1S/C15H14BrFN2O/c1-9-2-5-12(7-13(9)16)19-8-11-4-3-10(15(18)20)6-14(11)17/h2-7,19H,8H2,1H3,(H2,18,20). The Morgan fingerprint density at radius 1 is 1.30 bits per heavy atom. The van der Waals surface area contributed by atoms with Crippen LogP contribution < -0.4 is 11.1 Å². The number of rotatable bonds is 4. The summed E-state index contributed by atoms with van der Waals surface area (Å²) in [5.74, 6) is -1.08. The van der Waals surface area contributed by atoms with E-state index in [2.05, 4.69) is 21.2 Å². The fourth-order valence-electron chi connectivity index (χ4n) is 1.74. The van der Waals surface area contributed by atoms with Crippen molar-refractivity contribution < 1.29 is 9.18 Å². The quantitative estimate of drug-likeness (QED) is 0.896. The maximum absolute atomic E-state index is 13.8. The molecule has 0 radical (unpaired) electrons. The first-order chi connectivity index (χ1) is 9.47. The van der Waals surface area contributed by atoms with Gasteiger partial charge in [-0.2, -0.15) is 0 Å². The Labute approximate surface area is 125 Å². The van der Waals surface area contributed by atoms with Crippen molar-refractivity contribution >= 4 is 27.5 Å². The van der Waals surface area contributed by atoms with Crippen LogP contribution in [0, 0.1) is 12.7 Å². The van der Waals surface area contributed by atoms with Gasteiger partial charge in [0.05, 0.1) is 0 Å². The first kappa shape index (κ1) is 14.5. The van der Waals surface area contributed by atoms with Gasteiger partial charge in [-0.05, 0) is 36.8 Å². The molecule has 0 heterocycles. The van der Waals surface area contributed by atoms with Crippen molar-refractivity contribution in [1.82, 2.24) is 0 Å². The van der Waals surface area contributed by atoms with Gasteiger partial charge in [0.15, 0.2) is 0 Å². The number of halogens is 2. The Morgan fingerprint density at radius 2 is 2.05 bits per heavy atom. The molecular formula is C15H14BrFN2O. The van der Waals surface area contributed by atoms with Crippen LogP contribution in [-0.2, 0) is 6.54 Å². The zero-order chi connectivity index (χ0) is 14.7. The van der Waals surface area contributed by atoms with Gasteiger partial charge in [0, 0.05) is 27.8 Å². The highest BCUT2D eigenvalue weighted by Crippen LogP contribution is 2.21. The lowest BCUT2D eigenvalue weighted by molar-refractivity contribution is 0.1000. The van der Waals surface area contributed by atoms with Crippen molar-refractivity contribution in [3.8, 4) is 0 Å². The highest BCUT2D eigenvalue weighted by molar-refractivity contribution is 9.10. The van der Waals surface area contributed by atoms with Crippen molar-refractivity contribution in [1.29, 1.82) is 0 Å². The van der Waals surface area contributed by atoms with Crippen molar-refractivity contribution in [2.24, 2.45) is 5.73 Å². The Kier molecular flexibility index (Phi) is 4.39. The monoisotopic (exact) mass is 336 g/mol. The minimum Gasteiger partial charge on any atom is -0.381 e. The topological polar surface area (TPSA) is 55.1 Å². The highest BCUT2D eigenvalue weighted by Gasteiger charge is 2.07. The Balaban J connectivity index is 2.10. The van der Waals surface area contributed by atoms with E-state index < -0.39 is 11.7 Å². The summed E-state index contributed by atoms with van der Waals surface area (Å²) in [7, 11) is 0. The average molecular weight is 337 g/mol. The third-order valence-electron chi connectivity index (χ3n) is 2.99. The summed E-state index contributed by atoms with van der Waals surface area (Å²) in [6.07, 6.45) is 0. The number of amides is 1. The SMILES string of the molecule is Cc1ccc(NCc2ccc(C(N)=O)cc2F)cc1Br. The number of carbonyl (C=O) groups excluding carboxylic acids is 1. The summed E-state index contributed by atoms with van der Waals surface area (Å²) in [5.41, 5.74) is 7.77. The van der Waals surface area contributed by atoms with E-state index in [1.807, 2.05) is 25.1 Å². The summed E-state index contributed by atoms with van der Waals surface area (Å²) in [4.78, 5) is 10.9. The molecule has 0 atom stereocenters. The maximum atomic E-state index is 13.8. The lowest BCUT2D eigenvalue weighted by Gasteiger charge is -2.09. The van der Waals surface area contributed by atoms with E-state index in [0.29, 0.717) is 12.1 Å². The normalized spacial score (nSPS) is 10.3. The maximum Gasteiger partial charge on any atom is 0.248 e. The second kappa shape index (κ2) is 6.05. The zero-order valence-corrected chi connectivity index (χ0v) is 12.5. The van der Waals surface area contributed by atoms with Crippen LogP contribution in [0.25, 0.3) is 0 Å². The molecule has 0 unspecified atom stereocenters. The molecule has 0 aliphatic carbocycles. The average Bonchev–Trinajstić information content (AvgIpc) is 2.41. The number of nitrogens with two attached hydrogens (primary N) is 1. The first-order valence-corrected chi connectivity index (χ1v) is 6.85. The van der Waals surface area contributed by atoms with Gasteiger partial charge < -0.3 is 11.1 Å². The minimum atomic E-state index is -0.633. The van der Waals surface area contributed by atoms with E-state index in [1.54, 1.807) is 6.07 Å². The van der Waals surface area contributed by atoms with Crippen LogP contribution in [0.2, 0.25) is 0 Å². The number of carbonyl (C=O) groups is 1. The van der Waals surface area contributed by atoms with Crippen LogP contribution in [0.3, 0.4) is 0 Å². The van der Waals surface area contributed by atoms with Crippen molar-refractivity contribution in [3.05, 3.63) is 63.4 Å². The summed E-state index contributed by atoms with van der Waals surface area (Å²) in [6.45, 7) is 2.33. The smallest absolute Gasteiger partial charge is 0.248 e. The predicted octanol–water partition coefficient (Wildman–Crippen LogP) is 3.61. The summed E-state index contributed by atoms with van der Waals surface area (Å²) >= 11 is 3.45. The number of benzene rings is 2. The van der Waals surface area contributed by atoms with Crippen LogP contribution >= 0.6 is 15.9 Å². The van der Waals surface area contributed by atoms with Crippen LogP contribution in [0.4, 0.5) is 10.1 Å². The minimum absolute atomic E-state index is 0.171. The molecule has 0 saturated carbocycles. The third-order valence-corrected chi connectivity index (χ3v) is 3.85. The summed E-state index contributed by atoms with van der Waals surface area (Å²) in [6, 6.07) is 10.1. The van der Waals surface area contributed by atoms with Crippen LogP contribution in [0.1, 0.15) is 21.5 Å². The van der Waals surface area contributed by atoms with Crippen molar-refractivity contribution in [2.75, 3.05) is 5.32 Å². The van der Waals surface area contributed by atoms with Crippen molar-refractivity contribution in [2.45, 2.75) is 13.5 Å². The molecule has 0 saturated heterocycles. The fourth-order valence-corrected chi connectivity index (χ4v) is 2.12. The number of nitrogens with one attached hydrogen (secondary N) is 1. The van der Waals surface area contributed by atoms with E-state index in [0.717, 1.165) is 21.8 Å². The molecule has 0 aromatic heterocycles. The summed E-state index contributed by atoms with van der Waals surface area (Å²) < 4.78 is 14.8. The predicted molar refractivity (Wildman–Crippen MR) is 81.1 cm³/mol. The molecule has 104 valence electrons. The van der Waals surface area contributed by atoms with Gasteiger partial charge in [0.25, 0.3) is 0 Å². The highest BCUT2D eigenvalue weighted by atomic mass is 79.9. The van der Waals surface area contributed by atoms with E-state index in [4.69, 9.17) is 5.73 Å². The van der Waals surface area contributed by atoms with Gasteiger partial charge >= 0.3 is 0 Å². The fraction of sp³-hybridized carbons (Fsp3) is 0.133. The molecule has 2 rings (SSSR count). The Bertz CT molecular complexity index is 658. The van der Waals surface area contributed by atoms with E-state index in [9.17, 15) is 9.18 Å². The largest absolute Gasteiger partial charge is 0.381 e. The van der Waals surface area contributed by atoms with Gasteiger partial charge in [0.1, 0.15) is 5.82 Å².